The lowest BCUT2D eigenvalue weighted by molar-refractivity contribution is -0.142. The van der Waals surface area contributed by atoms with Gasteiger partial charge in [0.25, 0.3) is 0 Å². The van der Waals surface area contributed by atoms with Gasteiger partial charge in [0.2, 0.25) is 0 Å². The molecule has 0 aromatic heterocycles. The molecule has 0 aromatic carbocycles. The molecule has 0 saturated carbocycles. The third kappa shape index (κ3) is 5.88. The fourth-order valence-electron chi connectivity index (χ4n) is 0.611. The minimum atomic E-state index is -0.977. The molecule has 1 unspecified atom stereocenters. The van der Waals surface area contributed by atoms with Crippen LogP contribution in [0.5, 0.6) is 0 Å². The van der Waals surface area contributed by atoms with Crippen LogP contribution in [0, 0.1) is 0 Å². The van der Waals surface area contributed by atoms with Crippen molar-refractivity contribution in [1.82, 2.24) is 4.42 Å². The highest BCUT2D eigenvalue weighted by Crippen LogP contribution is 2.06. The Morgan fingerprint density at radius 2 is 2.07 bits per heavy atom. The predicted molar refractivity (Wildman–Crippen MR) is 51.0 cm³/mol. The zero-order valence-electron chi connectivity index (χ0n) is 7.83. The van der Waals surface area contributed by atoms with E-state index in [1.807, 2.05) is 0 Å². The van der Waals surface area contributed by atoms with E-state index in [-0.39, 0.29) is 13.2 Å². The van der Waals surface area contributed by atoms with Crippen LogP contribution >= 0.6 is 23.4 Å². The number of hydrogen-bond acceptors (Lipinski definition) is 4. The van der Waals surface area contributed by atoms with Crippen LogP contribution in [-0.4, -0.2) is 35.2 Å². The summed E-state index contributed by atoms with van der Waals surface area (Å²) >= 11 is 11.0. The van der Waals surface area contributed by atoms with Gasteiger partial charge in [-0.1, -0.05) is 11.6 Å². The van der Waals surface area contributed by atoms with Gasteiger partial charge in [0.1, 0.15) is 0 Å². The molecule has 0 aromatic rings. The van der Waals surface area contributed by atoms with E-state index in [4.69, 9.17) is 23.4 Å². The fourth-order valence-corrected chi connectivity index (χ4v) is 1.12. The van der Waals surface area contributed by atoms with Crippen molar-refractivity contribution in [3.05, 3.63) is 0 Å². The van der Waals surface area contributed by atoms with Crippen LogP contribution in [0.3, 0.4) is 0 Å². The molecule has 0 aliphatic carbocycles. The third-order valence-electron chi connectivity index (χ3n) is 1.06. The number of carbonyl (C=O) groups excluding carboxylic acids is 2. The van der Waals surface area contributed by atoms with Crippen molar-refractivity contribution in [2.75, 3.05) is 13.2 Å². The van der Waals surface area contributed by atoms with Gasteiger partial charge < -0.3 is 9.47 Å². The van der Waals surface area contributed by atoms with Crippen molar-refractivity contribution in [2.45, 2.75) is 19.4 Å². The van der Waals surface area contributed by atoms with Gasteiger partial charge in [0, 0.05) is 18.7 Å². The van der Waals surface area contributed by atoms with E-state index >= 15 is 0 Å². The van der Waals surface area contributed by atoms with Gasteiger partial charge in [-0.3, -0.25) is 4.79 Å². The maximum absolute atomic E-state index is 10.9. The van der Waals surface area contributed by atoms with E-state index in [9.17, 15) is 9.59 Å². The Balaban J connectivity index is 3.86. The summed E-state index contributed by atoms with van der Waals surface area (Å²) in [5.41, 5.74) is -0.977. The second kappa shape index (κ2) is 6.73. The average molecular weight is 244 g/mol. The van der Waals surface area contributed by atoms with Gasteiger partial charge in [0.15, 0.2) is 5.56 Å². The van der Waals surface area contributed by atoms with Crippen LogP contribution in [0.25, 0.3) is 0 Å². The summed E-state index contributed by atoms with van der Waals surface area (Å²) in [4.78, 5) is 21.4. The Labute approximate surface area is 92.0 Å². The number of rotatable bonds is 4. The zero-order valence-corrected chi connectivity index (χ0v) is 9.34. The summed E-state index contributed by atoms with van der Waals surface area (Å²) in [6, 6.07) is 0. The van der Waals surface area contributed by atoms with Crippen molar-refractivity contribution in [3.8, 4) is 0 Å². The highest BCUT2D eigenvalue weighted by molar-refractivity contribution is 6.23. The number of alkyl halides is 1. The molecule has 0 N–H and O–H groups in total. The second-order valence-corrected chi connectivity index (χ2v) is 3.16. The van der Waals surface area contributed by atoms with Crippen LogP contribution in [0.4, 0.5) is 4.79 Å². The standard InChI is InChI=1S/C7H11Cl2NO4/c1-3-13-7(12)10(9)4-6(8)14-5(2)11/h6H,3-4H2,1-2H3. The lowest BCUT2D eigenvalue weighted by atomic mass is 10.6. The van der Waals surface area contributed by atoms with E-state index in [0.717, 1.165) is 0 Å². The van der Waals surface area contributed by atoms with Crippen LogP contribution in [-0.2, 0) is 14.3 Å². The Morgan fingerprint density at radius 1 is 1.50 bits per heavy atom. The lowest BCUT2D eigenvalue weighted by Crippen LogP contribution is -2.30. The van der Waals surface area contributed by atoms with Crippen molar-refractivity contribution in [1.29, 1.82) is 0 Å². The van der Waals surface area contributed by atoms with Gasteiger partial charge in [-0.25, -0.2) is 9.21 Å². The molecule has 14 heavy (non-hydrogen) atoms. The van der Waals surface area contributed by atoms with Crippen molar-refractivity contribution < 1.29 is 19.1 Å². The third-order valence-corrected chi connectivity index (χ3v) is 1.57. The molecule has 0 aliphatic heterocycles. The molecular weight excluding hydrogens is 233 g/mol. The molecule has 0 spiro atoms. The van der Waals surface area contributed by atoms with Gasteiger partial charge in [-0.2, -0.15) is 0 Å². The number of halogens is 2. The normalized spacial score (nSPS) is 11.7. The molecule has 5 nitrogen and oxygen atoms in total. The van der Waals surface area contributed by atoms with Gasteiger partial charge in [-0.15, -0.1) is 0 Å². The minimum absolute atomic E-state index is 0.137. The molecule has 0 aliphatic rings. The minimum Gasteiger partial charge on any atom is -0.449 e. The lowest BCUT2D eigenvalue weighted by Gasteiger charge is -2.16. The fraction of sp³-hybridized carbons (Fsp3) is 0.714. The van der Waals surface area contributed by atoms with Crippen LogP contribution < -0.4 is 0 Å². The Bertz CT molecular complexity index is 212. The van der Waals surface area contributed by atoms with E-state index < -0.39 is 17.6 Å². The van der Waals surface area contributed by atoms with Gasteiger partial charge in [0.05, 0.1) is 13.2 Å². The molecule has 0 radical (unpaired) electrons. The molecule has 1 atom stereocenters. The number of carbonyl (C=O) groups is 2. The summed E-state index contributed by atoms with van der Waals surface area (Å²) in [7, 11) is 0. The smallest absolute Gasteiger partial charge is 0.424 e. The maximum atomic E-state index is 10.9. The number of amides is 1. The summed E-state index contributed by atoms with van der Waals surface area (Å²) in [6.45, 7) is 2.93. The first-order valence-corrected chi connectivity index (χ1v) is 4.66. The maximum Gasteiger partial charge on any atom is 0.424 e. The van der Waals surface area contributed by atoms with Crippen molar-refractivity contribution in [3.63, 3.8) is 0 Å². The van der Waals surface area contributed by atoms with Crippen molar-refractivity contribution in [2.24, 2.45) is 0 Å². The summed E-state index contributed by atoms with van der Waals surface area (Å²) in [5, 5.41) is 0. The van der Waals surface area contributed by atoms with E-state index in [1.54, 1.807) is 6.92 Å². The monoisotopic (exact) mass is 243 g/mol. The largest absolute Gasteiger partial charge is 0.449 e. The second-order valence-electron chi connectivity index (χ2n) is 2.26. The molecule has 0 saturated heterocycles. The summed E-state index contributed by atoms with van der Waals surface area (Å²) in [6.07, 6.45) is -0.730. The zero-order chi connectivity index (χ0) is 11.1. The predicted octanol–water partition coefficient (Wildman–Crippen LogP) is 1.73. The average Bonchev–Trinajstić information content (AvgIpc) is 2.02. The van der Waals surface area contributed by atoms with E-state index in [1.165, 1.54) is 6.92 Å². The topological polar surface area (TPSA) is 55.8 Å². The molecule has 7 heteroatoms. The van der Waals surface area contributed by atoms with E-state index in [0.29, 0.717) is 4.42 Å². The number of nitrogens with zero attached hydrogens (tertiary/aromatic N) is 1. The molecule has 0 fully saturated rings. The number of esters is 1. The number of hydrogen-bond donors (Lipinski definition) is 0. The number of ether oxygens (including phenoxy) is 2. The van der Waals surface area contributed by atoms with Crippen LogP contribution in [0.2, 0.25) is 0 Å². The first-order chi connectivity index (χ1) is 6.47. The Hall–Kier alpha value is -0.680. The molecule has 82 valence electrons. The highest BCUT2D eigenvalue weighted by atomic mass is 35.5. The van der Waals surface area contributed by atoms with Gasteiger partial charge >= 0.3 is 12.1 Å². The highest BCUT2D eigenvalue weighted by Gasteiger charge is 2.18. The summed E-state index contributed by atoms with van der Waals surface area (Å²) in [5.74, 6) is -0.543. The summed E-state index contributed by atoms with van der Waals surface area (Å²) < 4.78 is 9.82. The Morgan fingerprint density at radius 3 is 2.50 bits per heavy atom. The SMILES string of the molecule is CCOC(=O)N(Cl)CC(Cl)OC(C)=O. The van der Waals surface area contributed by atoms with Gasteiger partial charge in [-0.05, 0) is 6.92 Å². The molecule has 0 bridgehead atoms. The molecule has 0 heterocycles. The van der Waals surface area contributed by atoms with Crippen LogP contribution in [0.15, 0.2) is 0 Å². The van der Waals surface area contributed by atoms with E-state index in [2.05, 4.69) is 9.47 Å². The first kappa shape index (κ1) is 13.3. The molecule has 1 amide bonds. The quantitative estimate of drug-likeness (QED) is 0.429. The van der Waals surface area contributed by atoms with Crippen molar-refractivity contribution >= 4 is 35.4 Å². The Kier molecular flexibility index (Phi) is 6.40. The molecular formula is C7H11Cl2NO4. The van der Waals surface area contributed by atoms with Crippen LogP contribution in [0.1, 0.15) is 13.8 Å². The molecule has 0 rings (SSSR count). The first-order valence-electron chi connectivity index (χ1n) is 3.88.